The summed E-state index contributed by atoms with van der Waals surface area (Å²) in [5.74, 6) is -1.43. The van der Waals surface area contributed by atoms with Gasteiger partial charge in [0.15, 0.2) is 0 Å². The summed E-state index contributed by atoms with van der Waals surface area (Å²) in [7, 11) is 0. The number of carbonyl (C=O) groups excluding carboxylic acids is 1. The van der Waals surface area contributed by atoms with Gasteiger partial charge in [0.25, 0.3) is 6.43 Å². The molecule has 2 heterocycles. The smallest absolute Gasteiger partial charge is 0.315 e. The van der Waals surface area contributed by atoms with E-state index in [1.807, 2.05) is 0 Å². The van der Waals surface area contributed by atoms with E-state index < -0.39 is 23.6 Å². The zero-order chi connectivity index (χ0) is 14.0. The topological polar surface area (TPSA) is 93.8 Å². The lowest BCUT2D eigenvalue weighted by molar-refractivity contribution is 0.0531. The van der Waals surface area contributed by atoms with Crippen molar-refractivity contribution in [2.75, 3.05) is 5.32 Å². The summed E-state index contributed by atoms with van der Waals surface area (Å²) >= 11 is 1.10. The summed E-state index contributed by atoms with van der Waals surface area (Å²) in [6, 6.07) is 0. The van der Waals surface area contributed by atoms with Crippen LogP contribution < -0.4 is 5.32 Å². The lowest BCUT2D eigenvalue weighted by atomic mass is 9.94. The van der Waals surface area contributed by atoms with Gasteiger partial charge in [0.1, 0.15) is 10.9 Å². The Bertz CT molecular complexity index is 569. The molecule has 10 heteroatoms. The van der Waals surface area contributed by atoms with Gasteiger partial charge >= 0.3 is 11.8 Å². The minimum atomic E-state index is -2.69. The van der Waals surface area contributed by atoms with E-state index in [4.69, 9.17) is 4.42 Å². The zero-order valence-corrected chi connectivity index (χ0v) is 10.7. The molecular formula is C9H9F2N5O2S. The third-order valence-electron chi connectivity index (χ3n) is 2.30. The Morgan fingerprint density at radius 2 is 2.16 bits per heavy atom. The highest BCUT2D eigenvalue weighted by Crippen LogP contribution is 2.29. The summed E-state index contributed by atoms with van der Waals surface area (Å²) in [6.07, 6.45) is -2.69. The monoisotopic (exact) mass is 289 g/mol. The van der Waals surface area contributed by atoms with Crippen LogP contribution in [0, 0.1) is 0 Å². The van der Waals surface area contributed by atoms with Crippen molar-refractivity contribution in [1.29, 1.82) is 0 Å². The number of hydrogen-bond acceptors (Lipinski definition) is 7. The molecule has 0 saturated carbocycles. The number of aromatic nitrogens is 4. The van der Waals surface area contributed by atoms with E-state index in [9.17, 15) is 13.6 Å². The number of anilines is 1. The standard InChI is InChI=1S/C9H9F2N5O2S/c1-9(2,6(10)11)7-15-14-5(18-7)4(17)13-8-16-12-3-19-8/h3,6H,1-2H3,(H,13,16,17). The highest BCUT2D eigenvalue weighted by Gasteiger charge is 2.37. The molecule has 7 nitrogen and oxygen atoms in total. The third-order valence-corrected chi connectivity index (χ3v) is 2.90. The van der Waals surface area contributed by atoms with E-state index in [2.05, 4.69) is 25.7 Å². The molecule has 19 heavy (non-hydrogen) atoms. The highest BCUT2D eigenvalue weighted by atomic mass is 32.1. The Hall–Kier alpha value is -1.97. The maximum absolute atomic E-state index is 12.8. The first-order chi connectivity index (χ1) is 8.91. The second-order valence-electron chi connectivity index (χ2n) is 4.13. The molecule has 1 amide bonds. The minimum absolute atomic E-state index is 0.248. The summed E-state index contributed by atoms with van der Waals surface area (Å²) in [4.78, 5) is 11.7. The first-order valence-corrected chi connectivity index (χ1v) is 5.99. The highest BCUT2D eigenvalue weighted by molar-refractivity contribution is 7.13. The fourth-order valence-electron chi connectivity index (χ4n) is 1.05. The van der Waals surface area contributed by atoms with Crippen LogP contribution in [0.5, 0.6) is 0 Å². The molecule has 2 aromatic rings. The van der Waals surface area contributed by atoms with Crippen molar-refractivity contribution in [2.24, 2.45) is 0 Å². The lowest BCUT2D eigenvalue weighted by Gasteiger charge is -2.17. The van der Waals surface area contributed by atoms with Gasteiger partial charge in [-0.1, -0.05) is 11.3 Å². The number of nitrogens with one attached hydrogen (secondary N) is 1. The van der Waals surface area contributed by atoms with Crippen LogP contribution in [0.3, 0.4) is 0 Å². The molecule has 0 atom stereocenters. The molecule has 1 N–H and O–H groups in total. The molecule has 0 aliphatic rings. The molecule has 0 fully saturated rings. The van der Waals surface area contributed by atoms with Crippen molar-refractivity contribution in [3.05, 3.63) is 17.3 Å². The van der Waals surface area contributed by atoms with Crippen LogP contribution in [0.4, 0.5) is 13.9 Å². The fraction of sp³-hybridized carbons (Fsp3) is 0.444. The Labute approximate surface area is 110 Å². The van der Waals surface area contributed by atoms with Gasteiger partial charge in [-0.3, -0.25) is 10.1 Å². The summed E-state index contributed by atoms with van der Waals surface area (Å²) in [5.41, 5.74) is -0.191. The molecule has 102 valence electrons. The van der Waals surface area contributed by atoms with E-state index in [1.165, 1.54) is 19.4 Å². The van der Waals surface area contributed by atoms with Gasteiger partial charge in [-0.05, 0) is 13.8 Å². The minimum Gasteiger partial charge on any atom is -0.416 e. The van der Waals surface area contributed by atoms with E-state index in [1.54, 1.807) is 0 Å². The second kappa shape index (κ2) is 4.96. The van der Waals surface area contributed by atoms with E-state index in [0.717, 1.165) is 11.3 Å². The normalized spacial score (nSPS) is 11.8. The Kier molecular flexibility index (Phi) is 3.51. The quantitative estimate of drug-likeness (QED) is 0.921. The van der Waals surface area contributed by atoms with Crippen LogP contribution in [-0.4, -0.2) is 32.7 Å². The van der Waals surface area contributed by atoms with E-state index in [0.29, 0.717) is 0 Å². The third kappa shape index (κ3) is 2.72. The molecule has 0 radical (unpaired) electrons. The van der Waals surface area contributed by atoms with Gasteiger partial charge < -0.3 is 4.42 Å². The van der Waals surface area contributed by atoms with Crippen LogP contribution in [0.2, 0.25) is 0 Å². The maximum Gasteiger partial charge on any atom is 0.315 e. The van der Waals surface area contributed by atoms with E-state index >= 15 is 0 Å². The molecule has 0 aromatic carbocycles. The molecule has 0 spiro atoms. The summed E-state index contributed by atoms with van der Waals surface area (Å²) in [6.45, 7) is 2.50. The van der Waals surface area contributed by atoms with Gasteiger partial charge in [0.2, 0.25) is 11.0 Å². The molecule has 2 aromatic heterocycles. The van der Waals surface area contributed by atoms with Crippen molar-refractivity contribution < 1.29 is 18.0 Å². The number of rotatable bonds is 4. The van der Waals surface area contributed by atoms with E-state index in [-0.39, 0.29) is 11.0 Å². The Morgan fingerprint density at radius 3 is 2.74 bits per heavy atom. The van der Waals surface area contributed by atoms with Crippen molar-refractivity contribution in [3.8, 4) is 0 Å². The number of carbonyl (C=O) groups is 1. The number of nitrogens with zero attached hydrogens (tertiary/aromatic N) is 4. The summed E-state index contributed by atoms with van der Waals surface area (Å²) in [5, 5.41) is 16.6. The average Bonchev–Trinajstić information content (AvgIpc) is 2.98. The van der Waals surface area contributed by atoms with Crippen LogP contribution in [0.15, 0.2) is 9.93 Å². The Morgan fingerprint density at radius 1 is 1.42 bits per heavy atom. The first kappa shape index (κ1) is 13.5. The Balaban J connectivity index is 2.15. The first-order valence-electron chi connectivity index (χ1n) is 5.11. The van der Waals surface area contributed by atoms with Gasteiger partial charge in [-0.15, -0.1) is 20.4 Å². The number of hydrogen-bond donors (Lipinski definition) is 1. The molecule has 0 saturated heterocycles. The van der Waals surface area contributed by atoms with Crippen molar-refractivity contribution in [3.63, 3.8) is 0 Å². The zero-order valence-electron chi connectivity index (χ0n) is 9.92. The van der Waals surface area contributed by atoms with Crippen molar-refractivity contribution in [2.45, 2.75) is 25.7 Å². The molecule has 0 aliphatic heterocycles. The van der Waals surface area contributed by atoms with Crippen molar-refractivity contribution in [1.82, 2.24) is 20.4 Å². The number of amides is 1. The molecule has 0 unspecified atom stereocenters. The molecular weight excluding hydrogens is 280 g/mol. The maximum atomic E-state index is 12.8. The van der Waals surface area contributed by atoms with Gasteiger partial charge in [0, 0.05) is 0 Å². The fourth-order valence-corrected chi connectivity index (χ4v) is 1.49. The average molecular weight is 289 g/mol. The van der Waals surface area contributed by atoms with Crippen LogP contribution in [-0.2, 0) is 5.41 Å². The van der Waals surface area contributed by atoms with Crippen LogP contribution in [0.1, 0.15) is 30.4 Å². The van der Waals surface area contributed by atoms with Crippen LogP contribution in [0.25, 0.3) is 0 Å². The SMILES string of the molecule is CC(C)(c1nnc(C(=O)Nc2nncs2)o1)C(F)F. The van der Waals surface area contributed by atoms with Crippen molar-refractivity contribution >= 4 is 22.4 Å². The second-order valence-corrected chi connectivity index (χ2v) is 4.97. The number of halogens is 2. The van der Waals surface area contributed by atoms with Gasteiger partial charge in [0.05, 0.1) is 0 Å². The van der Waals surface area contributed by atoms with Gasteiger partial charge in [-0.2, -0.15) is 0 Å². The van der Waals surface area contributed by atoms with Crippen LogP contribution >= 0.6 is 11.3 Å². The van der Waals surface area contributed by atoms with Gasteiger partial charge in [-0.25, -0.2) is 8.78 Å². The largest absolute Gasteiger partial charge is 0.416 e. The lowest BCUT2D eigenvalue weighted by Crippen LogP contribution is -2.27. The molecule has 2 rings (SSSR count). The molecule has 0 bridgehead atoms. The number of alkyl halides is 2. The summed E-state index contributed by atoms with van der Waals surface area (Å²) < 4.78 is 30.5. The predicted octanol–water partition coefficient (Wildman–Crippen LogP) is 1.72. The predicted molar refractivity (Wildman–Crippen MR) is 61.2 cm³/mol. The molecule has 0 aliphatic carbocycles.